The Morgan fingerprint density at radius 3 is 2.94 bits per heavy atom. The molecule has 0 atom stereocenters. The molecule has 2 heterocycles. The lowest BCUT2D eigenvalue weighted by atomic mass is 10.3. The fourth-order valence-corrected chi connectivity index (χ4v) is 2.21. The Morgan fingerprint density at radius 1 is 1.19 bits per heavy atom. The summed E-state index contributed by atoms with van der Waals surface area (Å²) in [6.07, 6.45) is 3.30. The predicted octanol–water partition coefficient (Wildman–Crippen LogP) is 3.64. The van der Waals surface area contributed by atoms with Gasteiger partial charge in [0, 0.05) is 0 Å². The molecule has 1 aromatic carbocycles. The molecule has 0 bridgehead atoms. The first-order chi connectivity index (χ1) is 7.92. The lowest BCUT2D eigenvalue weighted by molar-refractivity contribution is 0.560. The van der Waals surface area contributed by atoms with E-state index in [2.05, 4.69) is 9.98 Å². The van der Waals surface area contributed by atoms with Gasteiger partial charge in [-0.05, 0) is 24.3 Å². The van der Waals surface area contributed by atoms with Crippen LogP contribution in [0, 0.1) is 0 Å². The van der Waals surface area contributed by atoms with E-state index in [1.54, 1.807) is 23.8 Å². The van der Waals surface area contributed by atoms with E-state index in [-0.39, 0.29) is 0 Å². The summed E-state index contributed by atoms with van der Waals surface area (Å²) in [6, 6.07) is 11.7. The number of para-hydroxylation sites is 1. The van der Waals surface area contributed by atoms with E-state index in [0.29, 0.717) is 0 Å². The minimum absolute atomic E-state index is 0.735. The number of aliphatic imine (C=N–C) groups is 1. The molecule has 4 heteroatoms. The van der Waals surface area contributed by atoms with Gasteiger partial charge in [0.2, 0.25) is 5.13 Å². The Hall–Kier alpha value is -1.94. The van der Waals surface area contributed by atoms with Crippen molar-refractivity contribution in [1.82, 2.24) is 4.98 Å². The molecule has 78 valence electrons. The number of furan rings is 1. The van der Waals surface area contributed by atoms with Crippen LogP contribution in [0.25, 0.3) is 10.2 Å². The van der Waals surface area contributed by atoms with Gasteiger partial charge >= 0.3 is 0 Å². The first-order valence-corrected chi connectivity index (χ1v) is 5.66. The van der Waals surface area contributed by atoms with Crippen molar-refractivity contribution < 1.29 is 4.42 Å². The molecule has 0 aliphatic heterocycles. The quantitative estimate of drug-likeness (QED) is 0.628. The molecular weight excluding hydrogens is 220 g/mol. The predicted molar refractivity (Wildman–Crippen MR) is 65.6 cm³/mol. The minimum Gasteiger partial charge on any atom is -0.463 e. The Morgan fingerprint density at radius 2 is 2.12 bits per heavy atom. The molecule has 0 radical (unpaired) electrons. The van der Waals surface area contributed by atoms with Crippen LogP contribution in [0.5, 0.6) is 0 Å². The van der Waals surface area contributed by atoms with Crippen molar-refractivity contribution in [3.63, 3.8) is 0 Å². The SMILES string of the molecule is C(=N\c1nc2ccccc2s1)/c1ccco1. The normalized spacial score (nSPS) is 11.5. The van der Waals surface area contributed by atoms with Crippen LogP contribution in [0.15, 0.2) is 52.1 Å². The maximum Gasteiger partial charge on any atom is 0.210 e. The van der Waals surface area contributed by atoms with Crippen LogP contribution in [-0.4, -0.2) is 11.2 Å². The van der Waals surface area contributed by atoms with Gasteiger partial charge in [0.05, 0.1) is 22.7 Å². The molecular formula is C12H8N2OS. The average Bonchev–Trinajstić information content (AvgIpc) is 2.95. The second-order valence-electron chi connectivity index (χ2n) is 3.24. The molecule has 0 amide bonds. The van der Waals surface area contributed by atoms with Crippen LogP contribution in [-0.2, 0) is 0 Å². The molecule has 16 heavy (non-hydrogen) atoms. The van der Waals surface area contributed by atoms with Crippen molar-refractivity contribution in [2.24, 2.45) is 4.99 Å². The average molecular weight is 228 g/mol. The maximum absolute atomic E-state index is 5.16. The molecule has 0 spiro atoms. The van der Waals surface area contributed by atoms with E-state index in [0.717, 1.165) is 21.1 Å². The molecule has 0 N–H and O–H groups in total. The molecule has 0 saturated heterocycles. The Kier molecular flexibility index (Phi) is 2.27. The van der Waals surface area contributed by atoms with Gasteiger partial charge in [-0.2, -0.15) is 0 Å². The number of thiazole rings is 1. The summed E-state index contributed by atoms with van der Waals surface area (Å²) in [6.45, 7) is 0. The summed E-state index contributed by atoms with van der Waals surface area (Å²) in [4.78, 5) is 8.67. The number of rotatable bonds is 2. The lowest BCUT2D eigenvalue weighted by Gasteiger charge is -1.81. The van der Waals surface area contributed by atoms with Gasteiger partial charge in [0.25, 0.3) is 0 Å². The van der Waals surface area contributed by atoms with Crippen molar-refractivity contribution in [3.8, 4) is 0 Å². The van der Waals surface area contributed by atoms with Crippen molar-refractivity contribution in [3.05, 3.63) is 48.4 Å². The summed E-state index contributed by atoms with van der Waals surface area (Å²) in [7, 11) is 0. The Bertz CT molecular complexity index is 592. The van der Waals surface area contributed by atoms with Crippen LogP contribution in [0.1, 0.15) is 5.76 Å². The summed E-state index contributed by atoms with van der Waals surface area (Å²) >= 11 is 1.57. The van der Waals surface area contributed by atoms with Crippen LogP contribution in [0.2, 0.25) is 0 Å². The number of fused-ring (bicyclic) bond motifs is 1. The highest BCUT2D eigenvalue weighted by Gasteiger charge is 2.00. The molecule has 3 aromatic rings. The van der Waals surface area contributed by atoms with E-state index in [4.69, 9.17) is 4.42 Å². The zero-order chi connectivity index (χ0) is 10.8. The Labute approximate surface area is 96.1 Å². The highest BCUT2D eigenvalue weighted by molar-refractivity contribution is 7.22. The third-order valence-electron chi connectivity index (χ3n) is 2.13. The maximum atomic E-state index is 5.16. The molecule has 0 unspecified atom stereocenters. The Balaban J connectivity index is 1.95. The van der Waals surface area contributed by atoms with Gasteiger partial charge < -0.3 is 4.42 Å². The molecule has 0 saturated carbocycles. The molecule has 3 nitrogen and oxygen atoms in total. The molecule has 2 aromatic heterocycles. The monoisotopic (exact) mass is 228 g/mol. The summed E-state index contributed by atoms with van der Waals surface area (Å²) in [5.74, 6) is 0.735. The fraction of sp³-hybridized carbons (Fsp3) is 0. The third kappa shape index (κ3) is 1.75. The first kappa shape index (κ1) is 9.30. The number of benzene rings is 1. The van der Waals surface area contributed by atoms with Crippen molar-refractivity contribution in [2.75, 3.05) is 0 Å². The van der Waals surface area contributed by atoms with E-state index in [1.165, 1.54) is 0 Å². The number of aromatic nitrogens is 1. The first-order valence-electron chi connectivity index (χ1n) is 4.85. The fourth-order valence-electron chi connectivity index (χ4n) is 1.40. The highest BCUT2D eigenvalue weighted by atomic mass is 32.1. The summed E-state index contributed by atoms with van der Waals surface area (Å²) < 4.78 is 6.30. The molecule has 0 aliphatic carbocycles. The molecule has 0 fully saturated rings. The van der Waals surface area contributed by atoms with Gasteiger partial charge in [0.15, 0.2) is 0 Å². The van der Waals surface area contributed by atoms with E-state index in [9.17, 15) is 0 Å². The van der Waals surface area contributed by atoms with Crippen LogP contribution >= 0.6 is 11.3 Å². The van der Waals surface area contributed by atoms with Gasteiger partial charge in [-0.25, -0.2) is 9.98 Å². The third-order valence-corrected chi connectivity index (χ3v) is 3.07. The minimum atomic E-state index is 0.735. The van der Waals surface area contributed by atoms with Crippen LogP contribution < -0.4 is 0 Å². The van der Waals surface area contributed by atoms with Crippen molar-refractivity contribution >= 4 is 32.9 Å². The standard InChI is InChI=1S/C12H8N2OS/c1-2-6-11-10(5-1)14-12(16-11)13-8-9-4-3-7-15-9/h1-8H/b13-8+. The second-order valence-corrected chi connectivity index (χ2v) is 4.25. The van der Waals surface area contributed by atoms with E-state index in [1.807, 2.05) is 36.4 Å². The smallest absolute Gasteiger partial charge is 0.210 e. The van der Waals surface area contributed by atoms with Crippen LogP contribution in [0.4, 0.5) is 5.13 Å². The van der Waals surface area contributed by atoms with Gasteiger partial charge in [-0.3, -0.25) is 0 Å². The largest absolute Gasteiger partial charge is 0.463 e. The second kappa shape index (κ2) is 3.90. The number of hydrogen-bond donors (Lipinski definition) is 0. The summed E-state index contributed by atoms with van der Waals surface area (Å²) in [5, 5.41) is 0.748. The highest BCUT2D eigenvalue weighted by Crippen LogP contribution is 2.27. The van der Waals surface area contributed by atoms with Crippen molar-refractivity contribution in [1.29, 1.82) is 0 Å². The van der Waals surface area contributed by atoms with Gasteiger partial charge in [0.1, 0.15) is 5.76 Å². The number of hydrogen-bond acceptors (Lipinski definition) is 4. The van der Waals surface area contributed by atoms with Crippen LogP contribution in [0.3, 0.4) is 0 Å². The van der Waals surface area contributed by atoms with Crippen molar-refractivity contribution in [2.45, 2.75) is 0 Å². The molecule has 0 aliphatic rings. The number of nitrogens with zero attached hydrogens (tertiary/aromatic N) is 2. The van der Waals surface area contributed by atoms with E-state index >= 15 is 0 Å². The summed E-state index contributed by atoms with van der Waals surface area (Å²) in [5.41, 5.74) is 0.985. The zero-order valence-electron chi connectivity index (χ0n) is 8.33. The molecule has 3 rings (SSSR count). The van der Waals surface area contributed by atoms with Gasteiger partial charge in [-0.15, -0.1) is 0 Å². The lowest BCUT2D eigenvalue weighted by Crippen LogP contribution is -1.72. The topological polar surface area (TPSA) is 38.4 Å². The van der Waals surface area contributed by atoms with E-state index < -0.39 is 0 Å². The zero-order valence-corrected chi connectivity index (χ0v) is 9.15. The van der Waals surface area contributed by atoms with Gasteiger partial charge in [-0.1, -0.05) is 23.5 Å².